The molecule has 2 unspecified atom stereocenters. The lowest BCUT2D eigenvalue weighted by Crippen LogP contribution is -2.16. The highest BCUT2D eigenvalue weighted by atomic mass is 16.1. The van der Waals surface area contributed by atoms with Crippen LogP contribution in [0, 0.1) is 11.8 Å². The Bertz CT molecular complexity index is 591. The zero-order chi connectivity index (χ0) is 13.9. The normalized spacial score (nSPS) is 22.1. The molecule has 4 nitrogen and oxygen atoms in total. The van der Waals surface area contributed by atoms with Gasteiger partial charge in [0.1, 0.15) is 5.69 Å². The first-order valence-corrected chi connectivity index (χ1v) is 7.30. The number of rotatable bonds is 4. The molecule has 3 rings (SSSR count). The van der Waals surface area contributed by atoms with Crippen molar-refractivity contribution in [3.8, 4) is 5.69 Å². The molecular formula is C16H19N3O. The molecule has 2 aromatic rings. The van der Waals surface area contributed by atoms with E-state index in [-0.39, 0.29) is 11.7 Å². The molecule has 1 fully saturated rings. The van der Waals surface area contributed by atoms with Gasteiger partial charge < -0.3 is 0 Å². The minimum Gasteiger partial charge on any atom is -0.292 e. The van der Waals surface area contributed by atoms with E-state index in [9.17, 15) is 4.79 Å². The predicted molar refractivity (Wildman–Crippen MR) is 76.8 cm³/mol. The second-order valence-corrected chi connectivity index (χ2v) is 5.52. The van der Waals surface area contributed by atoms with Crippen molar-refractivity contribution in [3.05, 3.63) is 42.2 Å². The van der Waals surface area contributed by atoms with E-state index < -0.39 is 0 Å². The molecule has 4 heteroatoms. The fraction of sp³-hybridized carbons (Fsp3) is 0.438. The number of carbonyl (C=O) groups is 1. The number of carbonyl (C=O) groups excluding carboxylic acids is 1. The fourth-order valence-electron chi connectivity index (χ4n) is 3.06. The topological polar surface area (TPSA) is 47.8 Å². The smallest absolute Gasteiger partial charge is 0.186 e. The maximum absolute atomic E-state index is 12.7. The molecule has 0 spiro atoms. The first-order valence-electron chi connectivity index (χ1n) is 7.30. The molecule has 2 atom stereocenters. The van der Waals surface area contributed by atoms with E-state index in [0.29, 0.717) is 11.6 Å². The van der Waals surface area contributed by atoms with Gasteiger partial charge in [0.05, 0.1) is 11.9 Å². The van der Waals surface area contributed by atoms with Gasteiger partial charge >= 0.3 is 0 Å². The van der Waals surface area contributed by atoms with Crippen LogP contribution in [0.15, 0.2) is 36.5 Å². The van der Waals surface area contributed by atoms with Gasteiger partial charge in [0.15, 0.2) is 5.78 Å². The van der Waals surface area contributed by atoms with Crippen molar-refractivity contribution in [2.75, 3.05) is 0 Å². The van der Waals surface area contributed by atoms with Crippen LogP contribution in [0.3, 0.4) is 0 Å². The quantitative estimate of drug-likeness (QED) is 0.800. The molecule has 1 heterocycles. The monoisotopic (exact) mass is 269 g/mol. The summed E-state index contributed by atoms with van der Waals surface area (Å²) in [7, 11) is 0. The van der Waals surface area contributed by atoms with Gasteiger partial charge in [-0.05, 0) is 37.3 Å². The molecular weight excluding hydrogens is 250 g/mol. The number of hydrogen-bond donors (Lipinski definition) is 0. The Morgan fingerprint density at radius 3 is 2.80 bits per heavy atom. The number of ketones is 1. The van der Waals surface area contributed by atoms with Crippen molar-refractivity contribution in [2.24, 2.45) is 11.8 Å². The van der Waals surface area contributed by atoms with Gasteiger partial charge in [-0.25, -0.2) is 4.68 Å². The molecule has 0 amide bonds. The first kappa shape index (κ1) is 13.0. The predicted octanol–water partition coefficient (Wildman–Crippen LogP) is 3.28. The molecule has 0 bridgehead atoms. The third kappa shape index (κ3) is 2.38. The van der Waals surface area contributed by atoms with E-state index in [4.69, 9.17) is 0 Å². The van der Waals surface area contributed by atoms with Crippen molar-refractivity contribution in [2.45, 2.75) is 32.6 Å². The van der Waals surface area contributed by atoms with Crippen LogP contribution in [0.25, 0.3) is 5.69 Å². The SMILES string of the molecule is CCC1CCC(C(=O)c2cnnn2-c2ccccc2)C1. The Hall–Kier alpha value is -1.97. The number of nitrogens with zero attached hydrogens (tertiary/aromatic N) is 3. The molecule has 20 heavy (non-hydrogen) atoms. The summed E-state index contributed by atoms with van der Waals surface area (Å²) in [5.41, 5.74) is 1.50. The Balaban J connectivity index is 1.85. The lowest BCUT2D eigenvalue weighted by atomic mass is 9.97. The number of Topliss-reactive ketones (excluding diaryl/α,β-unsaturated/α-hetero) is 1. The lowest BCUT2D eigenvalue weighted by Gasteiger charge is -2.10. The Morgan fingerprint density at radius 2 is 2.10 bits per heavy atom. The lowest BCUT2D eigenvalue weighted by molar-refractivity contribution is 0.0912. The minimum absolute atomic E-state index is 0.140. The Morgan fingerprint density at radius 1 is 1.30 bits per heavy atom. The van der Waals surface area contributed by atoms with Gasteiger partial charge in [-0.3, -0.25) is 4.79 Å². The van der Waals surface area contributed by atoms with E-state index >= 15 is 0 Å². The fourth-order valence-corrected chi connectivity index (χ4v) is 3.06. The van der Waals surface area contributed by atoms with E-state index in [2.05, 4.69) is 17.2 Å². The average Bonchev–Trinajstić information content (AvgIpc) is 3.16. The number of hydrogen-bond acceptors (Lipinski definition) is 3. The largest absolute Gasteiger partial charge is 0.292 e. The highest BCUT2D eigenvalue weighted by Crippen LogP contribution is 2.34. The zero-order valence-electron chi connectivity index (χ0n) is 11.7. The molecule has 1 aromatic heterocycles. The summed E-state index contributed by atoms with van der Waals surface area (Å²) in [4.78, 5) is 12.7. The molecule has 0 saturated heterocycles. The summed E-state index contributed by atoms with van der Waals surface area (Å²) in [5, 5.41) is 7.99. The van der Waals surface area contributed by atoms with Crippen molar-refractivity contribution in [1.29, 1.82) is 0 Å². The number of benzene rings is 1. The molecule has 0 radical (unpaired) electrons. The van der Waals surface area contributed by atoms with Crippen molar-refractivity contribution < 1.29 is 4.79 Å². The van der Waals surface area contributed by atoms with Crippen LogP contribution in [0.5, 0.6) is 0 Å². The standard InChI is InChI=1S/C16H19N3O/c1-2-12-8-9-13(10-12)16(20)15-11-17-18-19(15)14-6-4-3-5-7-14/h3-7,11-13H,2,8-10H2,1H3. The first-order chi connectivity index (χ1) is 9.79. The van der Waals surface area contributed by atoms with E-state index in [1.165, 1.54) is 12.8 Å². The van der Waals surface area contributed by atoms with Crippen molar-refractivity contribution in [1.82, 2.24) is 15.0 Å². The Kier molecular flexibility index (Phi) is 3.63. The van der Waals surface area contributed by atoms with Crippen LogP contribution in [-0.2, 0) is 0 Å². The molecule has 0 N–H and O–H groups in total. The van der Waals surface area contributed by atoms with Crippen LogP contribution in [0.1, 0.15) is 43.1 Å². The maximum Gasteiger partial charge on any atom is 0.186 e. The third-order valence-electron chi connectivity index (χ3n) is 4.29. The summed E-state index contributed by atoms with van der Waals surface area (Å²) >= 11 is 0. The molecule has 1 aromatic carbocycles. The maximum atomic E-state index is 12.7. The summed E-state index contributed by atoms with van der Waals surface area (Å²) in [6, 6.07) is 9.70. The second kappa shape index (κ2) is 5.57. The molecule has 1 aliphatic carbocycles. The number of aromatic nitrogens is 3. The van der Waals surface area contributed by atoms with Crippen molar-refractivity contribution >= 4 is 5.78 Å². The summed E-state index contributed by atoms with van der Waals surface area (Å²) in [5.74, 6) is 1.03. The summed E-state index contributed by atoms with van der Waals surface area (Å²) < 4.78 is 1.65. The summed E-state index contributed by atoms with van der Waals surface area (Å²) in [6.07, 6.45) is 5.93. The van der Waals surface area contributed by atoms with E-state index in [1.54, 1.807) is 10.9 Å². The minimum atomic E-state index is 0.140. The van der Waals surface area contributed by atoms with Crippen molar-refractivity contribution in [3.63, 3.8) is 0 Å². The molecule has 104 valence electrons. The molecule has 1 saturated carbocycles. The highest BCUT2D eigenvalue weighted by molar-refractivity contribution is 5.96. The molecule has 0 aliphatic heterocycles. The zero-order valence-corrected chi connectivity index (χ0v) is 11.7. The Labute approximate surface area is 118 Å². The van der Waals surface area contributed by atoms with Crippen LogP contribution in [-0.4, -0.2) is 20.8 Å². The molecule has 1 aliphatic rings. The van der Waals surface area contributed by atoms with Gasteiger partial charge in [0.25, 0.3) is 0 Å². The number of para-hydroxylation sites is 1. The third-order valence-corrected chi connectivity index (χ3v) is 4.29. The van der Waals surface area contributed by atoms with Gasteiger partial charge in [-0.15, -0.1) is 5.10 Å². The van der Waals surface area contributed by atoms with Gasteiger partial charge in [-0.2, -0.15) is 0 Å². The van der Waals surface area contributed by atoms with Crippen LogP contribution in [0.2, 0.25) is 0 Å². The highest BCUT2D eigenvalue weighted by Gasteiger charge is 2.31. The van der Waals surface area contributed by atoms with E-state index in [0.717, 1.165) is 18.5 Å². The van der Waals surface area contributed by atoms with Gasteiger partial charge in [-0.1, -0.05) is 36.8 Å². The second-order valence-electron chi connectivity index (χ2n) is 5.52. The summed E-state index contributed by atoms with van der Waals surface area (Å²) in [6.45, 7) is 2.20. The van der Waals surface area contributed by atoms with Crippen LogP contribution >= 0.6 is 0 Å². The van der Waals surface area contributed by atoms with E-state index in [1.807, 2.05) is 30.3 Å². The van der Waals surface area contributed by atoms with Crippen LogP contribution in [0.4, 0.5) is 0 Å². The van der Waals surface area contributed by atoms with Gasteiger partial charge in [0, 0.05) is 5.92 Å². The van der Waals surface area contributed by atoms with Gasteiger partial charge in [0.2, 0.25) is 0 Å². The average molecular weight is 269 g/mol. The van der Waals surface area contributed by atoms with Crippen LogP contribution < -0.4 is 0 Å².